The number of esters is 1. The lowest BCUT2D eigenvalue weighted by molar-refractivity contribution is -0.203. The predicted octanol–water partition coefficient (Wildman–Crippen LogP) is 2.68. The summed E-state index contributed by atoms with van der Waals surface area (Å²) in [6.45, 7) is 5.48. The fourth-order valence-corrected chi connectivity index (χ4v) is 2.41. The van der Waals surface area contributed by atoms with E-state index >= 15 is 0 Å². The molecule has 3 heteroatoms. The number of rotatable bonds is 3. The normalized spacial score (nSPS) is 21.1. The minimum Gasteiger partial charge on any atom is -0.456 e. The van der Waals surface area contributed by atoms with Crippen LogP contribution in [0.2, 0.25) is 0 Å². The van der Waals surface area contributed by atoms with Crippen molar-refractivity contribution in [2.75, 3.05) is 7.11 Å². The average molecular weight is 214 g/mol. The van der Waals surface area contributed by atoms with Gasteiger partial charge in [-0.15, -0.1) is 0 Å². The number of hydrogen-bond acceptors (Lipinski definition) is 3. The largest absolute Gasteiger partial charge is 0.456 e. The molecule has 1 fully saturated rings. The molecular formula is C12H22O3. The van der Waals surface area contributed by atoms with Crippen LogP contribution in [0.25, 0.3) is 0 Å². The smallest absolute Gasteiger partial charge is 0.303 e. The molecule has 0 N–H and O–H groups in total. The lowest BCUT2D eigenvalue weighted by atomic mass is 9.74. The van der Waals surface area contributed by atoms with Crippen LogP contribution in [-0.4, -0.2) is 24.3 Å². The molecule has 1 aliphatic rings. The van der Waals surface area contributed by atoms with Crippen molar-refractivity contribution in [3.05, 3.63) is 0 Å². The van der Waals surface area contributed by atoms with Gasteiger partial charge in [-0.25, -0.2) is 0 Å². The molecule has 88 valence electrons. The Morgan fingerprint density at radius 1 is 1.20 bits per heavy atom. The van der Waals surface area contributed by atoms with Gasteiger partial charge in [-0.05, 0) is 39.5 Å². The van der Waals surface area contributed by atoms with Crippen molar-refractivity contribution in [1.29, 1.82) is 0 Å². The lowest BCUT2D eigenvalue weighted by Gasteiger charge is -2.47. The third-order valence-corrected chi connectivity index (χ3v) is 3.61. The fourth-order valence-electron chi connectivity index (χ4n) is 2.41. The van der Waals surface area contributed by atoms with Crippen molar-refractivity contribution in [3.63, 3.8) is 0 Å². The highest BCUT2D eigenvalue weighted by Gasteiger charge is 2.48. The lowest BCUT2D eigenvalue weighted by Crippen LogP contribution is -2.55. The molecule has 0 aliphatic heterocycles. The first-order valence-corrected chi connectivity index (χ1v) is 5.68. The van der Waals surface area contributed by atoms with E-state index in [1.807, 2.05) is 13.8 Å². The van der Waals surface area contributed by atoms with Crippen LogP contribution >= 0.6 is 0 Å². The molecule has 0 aromatic rings. The molecule has 0 saturated heterocycles. The van der Waals surface area contributed by atoms with E-state index in [1.54, 1.807) is 7.11 Å². The summed E-state index contributed by atoms with van der Waals surface area (Å²) in [6.07, 6.45) is 5.27. The Balaban J connectivity index is 2.88. The third kappa shape index (κ3) is 2.51. The van der Waals surface area contributed by atoms with Gasteiger partial charge in [0.1, 0.15) is 11.2 Å². The quantitative estimate of drug-likeness (QED) is 0.677. The predicted molar refractivity (Wildman–Crippen MR) is 58.7 cm³/mol. The van der Waals surface area contributed by atoms with Crippen LogP contribution in [0.5, 0.6) is 0 Å². The Morgan fingerprint density at radius 2 is 1.73 bits per heavy atom. The maximum absolute atomic E-state index is 11.2. The molecule has 1 rings (SSSR count). The summed E-state index contributed by atoms with van der Waals surface area (Å²) in [6, 6.07) is 0. The number of ether oxygens (including phenoxy) is 2. The molecule has 0 amide bonds. The summed E-state index contributed by atoms with van der Waals surface area (Å²) in [5.74, 6) is -0.206. The van der Waals surface area contributed by atoms with Crippen molar-refractivity contribution in [3.8, 4) is 0 Å². The average Bonchev–Trinajstić information content (AvgIpc) is 2.18. The fraction of sp³-hybridized carbons (Fsp3) is 0.917. The molecule has 0 bridgehead atoms. The molecule has 0 unspecified atom stereocenters. The first-order chi connectivity index (χ1) is 6.93. The van der Waals surface area contributed by atoms with Gasteiger partial charge < -0.3 is 9.47 Å². The number of carbonyl (C=O) groups excluding carboxylic acids is 1. The zero-order valence-corrected chi connectivity index (χ0v) is 10.3. The van der Waals surface area contributed by atoms with Gasteiger partial charge >= 0.3 is 5.97 Å². The first-order valence-electron chi connectivity index (χ1n) is 5.68. The zero-order chi connectivity index (χ0) is 11.5. The molecule has 1 saturated carbocycles. The van der Waals surface area contributed by atoms with Crippen molar-refractivity contribution in [2.45, 2.75) is 64.1 Å². The van der Waals surface area contributed by atoms with Gasteiger partial charge in [-0.2, -0.15) is 0 Å². The van der Waals surface area contributed by atoms with Crippen LogP contribution in [-0.2, 0) is 14.3 Å². The SMILES string of the molecule is COC(C)(C)C1(OC(C)=O)CCCCC1. The Kier molecular flexibility index (Phi) is 3.77. The Morgan fingerprint density at radius 3 is 2.13 bits per heavy atom. The van der Waals surface area contributed by atoms with Gasteiger partial charge in [0, 0.05) is 14.0 Å². The number of methoxy groups -OCH3 is 1. The minimum atomic E-state index is -0.425. The molecule has 0 radical (unpaired) electrons. The van der Waals surface area contributed by atoms with Crippen molar-refractivity contribution in [2.24, 2.45) is 0 Å². The van der Waals surface area contributed by atoms with E-state index in [0.29, 0.717) is 0 Å². The maximum atomic E-state index is 11.2. The second-order valence-electron chi connectivity index (χ2n) is 4.86. The summed E-state index contributed by atoms with van der Waals surface area (Å²) in [5.41, 5.74) is -0.828. The molecule has 1 aliphatic carbocycles. The van der Waals surface area contributed by atoms with Gasteiger partial charge in [0.25, 0.3) is 0 Å². The maximum Gasteiger partial charge on any atom is 0.303 e. The summed E-state index contributed by atoms with van der Waals surface area (Å²) < 4.78 is 11.1. The van der Waals surface area contributed by atoms with Gasteiger partial charge in [-0.1, -0.05) is 6.42 Å². The molecular weight excluding hydrogens is 192 g/mol. The summed E-state index contributed by atoms with van der Waals surface area (Å²) in [7, 11) is 1.68. The van der Waals surface area contributed by atoms with E-state index in [2.05, 4.69) is 0 Å². The standard InChI is InChI=1S/C12H22O3/c1-10(13)15-12(11(2,3)14-4)8-6-5-7-9-12/h5-9H2,1-4H3. The number of carbonyl (C=O) groups is 1. The van der Waals surface area contributed by atoms with E-state index in [-0.39, 0.29) is 5.97 Å². The van der Waals surface area contributed by atoms with Gasteiger partial charge in [-0.3, -0.25) is 4.79 Å². The van der Waals surface area contributed by atoms with E-state index < -0.39 is 11.2 Å². The van der Waals surface area contributed by atoms with Gasteiger partial charge in [0.15, 0.2) is 0 Å². The van der Waals surface area contributed by atoms with E-state index in [9.17, 15) is 4.79 Å². The van der Waals surface area contributed by atoms with Gasteiger partial charge in [0.2, 0.25) is 0 Å². The molecule has 3 nitrogen and oxygen atoms in total. The van der Waals surface area contributed by atoms with Crippen molar-refractivity contribution in [1.82, 2.24) is 0 Å². The zero-order valence-electron chi connectivity index (χ0n) is 10.3. The molecule has 0 heterocycles. The van der Waals surface area contributed by atoms with Crippen LogP contribution in [0, 0.1) is 0 Å². The molecule has 0 aromatic heterocycles. The van der Waals surface area contributed by atoms with Crippen molar-refractivity contribution < 1.29 is 14.3 Å². The highest BCUT2D eigenvalue weighted by Crippen LogP contribution is 2.41. The van der Waals surface area contributed by atoms with E-state index in [1.165, 1.54) is 13.3 Å². The second-order valence-corrected chi connectivity index (χ2v) is 4.86. The van der Waals surface area contributed by atoms with Crippen LogP contribution in [0.4, 0.5) is 0 Å². The third-order valence-electron chi connectivity index (χ3n) is 3.61. The summed E-state index contributed by atoms with van der Waals surface area (Å²) in [5, 5.41) is 0. The Hall–Kier alpha value is -0.570. The highest BCUT2D eigenvalue weighted by molar-refractivity contribution is 5.66. The number of hydrogen-bond donors (Lipinski definition) is 0. The van der Waals surface area contributed by atoms with Crippen LogP contribution in [0.3, 0.4) is 0 Å². The minimum absolute atomic E-state index is 0.206. The van der Waals surface area contributed by atoms with E-state index in [4.69, 9.17) is 9.47 Å². The van der Waals surface area contributed by atoms with Crippen LogP contribution in [0.1, 0.15) is 52.9 Å². The second kappa shape index (κ2) is 4.52. The monoisotopic (exact) mass is 214 g/mol. The first kappa shape index (κ1) is 12.5. The molecule has 15 heavy (non-hydrogen) atoms. The van der Waals surface area contributed by atoms with Gasteiger partial charge in [0.05, 0.1) is 0 Å². The molecule has 0 atom stereocenters. The highest BCUT2D eigenvalue weighted by atomic mass is 16.6. The summed E-state index contributed by atoms with van der Waals surface area (Å²) >= 11 is 0. The van der Waals surface area contributed by atoms with Crippen molar-refractivity contribution >= 4 is 5.97 Å². The summed E-state index contributed by atoms with van der Waals surface area (Å²) in [4.78, 5) is 11.2. The topological polar surface area (TPSA) is 35.5 Å². The Labute approximate surface area is 92.1 Å². The molecule has 0 aromatic carbocycles. The van der Waals surface area contributed by atoms with Crippen LogP contribution < -0.4 is 0 Å². The van der Waals surface area contributed by atoms with Crippen LogP contribution in [0.15, 0.2) is 0 Å². The molecule has 0 spiro atoms. The Bertz CT molecular complexity index is 227. The van der Waals surface area contributed by atoms with E-state index in [0.717, 1.165) is 25.7 Å².